The van der Waals surface area contributed by atoms with Crippen molar-refractivity contribution >= 4 is 0 Å². The Kier molecular flexibility index (Phi) is 1.62. The van der Waals surface area contributed by atoms with Gasteiger partial charge in [-0.1, -0.05) is 0 Å². The predicted molar refractivity (Wildman–Crippen MR) is 26.2 cm³/mol. The molecule has 0 aromatic carbocycles. The van der Waals surface area contributed by atoms with Crippen molar-refractivity contribution in [1.82, 2.24) is 10.8 Å². The Balaban J connectivity index is 2.14. The fourth-order valence-electron chi connectivity index (χ4n) is 0.765. The van der Waals surface area contributed by atoms with Gasteiger partial charge >= 0.3 is 0 Å². The highest BCUT2D eigenvalue weighted by atomic mass is 16.5. The number of rotatable bonds is 1. The molecule has 3 heteroatoms. The van der Waals surface area contributed by atoms with Gasteiger partial charge in [0.2, 0.25) is 0 Å². The van der Waals surface area contributed by atoms with Crippen LogP contribution in [0, 0.1) is 0 Å². The standard InChI is InChI=1S/C4H10N2O/c7-6-4-1-2-5-3-4/h4-7H,1-3H2/t4-/m0/s1. The number of hydrogen-bond acceptors (Lipinski definition) is 3. The number of nitrogens with one attached hydrogen (secondary N) is 2. The third kappa shape index (κ3) is 1.12. The Morgan fingerprint density at radius 1 is 1.71 bits per heavy atom. The molecule has 0 saturated carbocycles. The summed E-state index contributed by atoms with van der Waals surface area (Å²) in [6.45, 7) is 1.93. The molecule has 0 aromatic rings. The van der Waals surface area contributed by atoms with E-state index in [2.05, 4.69) is 10.8 Å². The van der Waals surface area contributed by atoms with Gasteiger partial charge in [0.1, 0.15) is 0 Å². The van der Waals surface area contributed by atoms with E-state index in [-0.39, 0.29) is 0 Å². The van der Waals surface area contributed by atoms with E-state index in [9.17, 15) is 0 Å². The quantitative estimate of drug-likeness (QED) is 0.385. The lowest BCUT2D eigenvalue weighted by Crippen LogP contribution is -2.27. The van der Waals surface area contributed by atoms with Gasteiger partial charge in [0.25, 0.3) is 0 Å². The summed E-state index contributed by atoms with van der Waals surface area (Å²) in [4.78, 5) is 0. The summed E-state index contributed by atoms with van der Waals surface area (Å²) in [5, 5.41) is 11.4. The van der Waals surface area contributed by atoms with Gasteiger partial charge in [-0.25, -0.2) is 5.48 Å². The molecule has 1 aliphatic rings. The first-order chi connectivity index (χ1) is 3.43. The monoisotopic (exact) mass is 102 g/mol. The maximum absolute atomic E-state index is 8.28. The average Bonchev–Trinajstić information content (AvgIpc) is 2.14. The van der Waals surface area contributed by atoms with Crippen LogP contribution < -0.4 is 10.8 Å². The van der Waals surface area contributed by atoms with Crippen molar-refractivity contribution in [3.8, 4) is 0 Å². The molecule has 0 unspecified atom stereocenters. The van der Waals surface area contributed by atoms with Crippen molar-refractivity contribution < 1.29 is 5.21 Å². The summed E-state index contributed by atoms with van der Waals surface area (Å²) in [5.74, 6) is 0. The van der Waals surface area contributed by atoms with Crippen molar-refractivity contribution in [2.75, 3.05) is 13.1 Å². The van der Waals surface area contributed by atoms with Gasteiger partial charge in [-0.05, 0) is 13.0 Å². The molecule has 0 bridgehead atoms. The van der Waals surface area contributed by atoms with Crippen LogP contribution in [0.15, 0.2) is 0 Å². The minimum Gasteiger partial charge on any atom is -0.316 e. The van der Waals surface area contributed by atoms with Crippen LogP contribution in [0.1, 0.15) is 6.42 Å². The van der Waals surface area contributed by atoms with Crippen LogP contribution in [0.2, 0.25) is 0 Å². The maximum atomic E-state index is 8.28. The molecule has 42 valence electrons. The van der Waals surface area contributed by atoms with E-state index in [4.69, 9.17) is 5.21 Å². The van der Waals surface area contributed by atoms with E-state index < -0.39 is 0 Å². The maximum Gasteiger partial charge on any atom is 0.0456 e. The summed E-state index contributed by atoms with van der Waals surface area (Å²) in [7, 11) is 0. The normalized spacial score (nSPS) is 31.3. The summed E-state index contributed by atoms with van der Waals surface area (Å²) in [5.41, 5.74) is 2.20. The SMILES string of the molecule is ON[C@H]1CCNC1. The third-order valence-electron chi connectivity index (χ3n) is 1.24. The molecule has 0 amide bonds. The number of hydrogen-bond donors (Lipinski definition) is 3. The first kappa shape index (κ1) is 5.03. The Morgan fingerprint density at radius 3 is 2.86 bits per heavy atom. The summed E-state index contributed by atoms with van der Waals surface area (Å²) in [6.07, 6.45) is 1.04. The molecule has 0 spiro atoms. The van der Waals surface area contributed by atoms with Crippen LogP contribution in [0.3, 0.4) is 0 Å². The molecule has 3 N–H and O–H groups in total. The topological polar surface area (TPSA) is 44.3 Å². The molecule has 3 nitrogen and oxygen atoms in total. The third-order valence-corrected chi connectivity index (χ3v) is 1.24. The van der Waals surface area contributed by atoms with Gasteiger partial charge in [-0.3, -0.25) is 0 Å². The van der Waals surface area contributed by atoms with E-state index in [0.29, 0.717) is 6.04 Å². The fraction of sp³-hybridized carbons (Fsp3) is 1.00. The minimum absolute atomic E-state index is 0.292. The average molecular weight is 102 g/mol. The molecule has 1 heterocycles. The van der Waals surface area contributed by atoms with Gasteiger partial charge in [-0.2, -0.15) is 0 Å². The van der Waals surface area contributed by atoms with Crippen molar-refractivity contribution in [1.29, 1.82) is 0 Å². The van der Waals surface area contributed by atoms with Crippen molar-refractivity contribution in [2.24, 2.45) is 0 Å². The van der Waals surface area contributed by atoms with E-state index in [1.54, 1.807) is 0 Å². The predicted octanol–water partition coefficient (Wildman–Crippen LogP) is -0.673. The van der Waals surface area contributed by atoms with Crippen molar-refractivity contribution in [3.05, 3.63) is 0 Å². The van der Waals surface area contributed by atoms with Crippen LogP contribution in [-0.2, 0) is 0 Å². The Morgan fingerprint density at radius 2 is 2.57 bits per heavy atom. The molecule has 1 fully saturated rings. The second kappa shape index (κ2) is 2.26. The van der Waals surface area contributed by atoms with Crippen LogP contribution in [0.4, 0.5) is 0 Å². The highest BCUT2D eigenvalue weighted by Gasteiger charge is 2.11. The lowest BCUT2D eigenvalue weighted by molar-refractivity contribution is 0.133. The van der Waals surface area contributed by atoms with Crippen LogP contribution in [-0.4, -0.2) is 24.3 Å². The lowest BCUT2D eigenvalue weighted by atomic mass is 10.3. The first-order valence-electron chi connectivity index (χ1n) is 2.54. The molecule has 0 aliphatic carbocycles. The highest BCUT2D eigenvalue weighted by molar-refractivity contribution is 4.73. The van der Waals surface area contributed by atoms with Crippen LogP contribution in [0.25, 0.3) is 0 Å². The fourth-order valence-corrected chi connectivity index (χ4v) is 0.765. The minimum atomic E-state index is 0.292. The highest BCUT2D eigenvalue weighted by Crippen LogP contribution is 1.93. The van der Waals surface area contributed by atoms with Crippen molar-refractivity contribution in [2.45, 2.75) is 12.5 Å². The molecular weight excluding hydrogens is 92.1 g/mol. The molecule has 0 radical (unpaired) electrons. The Labute approximate surface area is 42.7 Å². The van der Waals surface area contributed by atoms with Gasteiger partial charge in [0.15, 0.2) is 0 Å². The lowest BCUT2D eigenvalue weighted by Gasteiger charge is -2.00. The second-order valence-corrected chi connectivity index (χ2v) is 1.82. The van der Waals surface area contributed by atoms with Crippen molar-refractivity contribution in [3.63, 3.8) is 0 Å². The largest absolute Gasteiger partial charge is 0.316 e. The van der Waals surface area contributed by atoms with Crippen LogP contribution in [0.5, 0.6) is 0 Å². The smallest absolute Gasteiger partial charge is 0.0456 e. The van der Waals surface area contributed by atoms with E-state index in [0.717, 1.165) is 19.5 Å². The molecule has 1 aliphatic heterocycles. The van der Waals surface area contributed by atoms with Gasteiger partial charge in [0.05, 0.1) is 0 Å². The zero-order valence-electron chi connectivity index (χ0n) is 4.15. The van der Waals surface area contributed by atoms with E-state index in [1.807, 2.05) is 0 Å². The Bertz CT molecular complexity index is 51.7. The van der Waals surface area contributed by atoms with Gasteiger partial charge < -0.3 is 10.5 Å². The second-order valence-electron chi connectivity index (χ2n) is 1.82. The Hall–Kier alpha value is -0.120. The van der Waals surface area contributed by atoms with E-state index >= 15 is 0 Å². The zero-order valence-corrected chi connectivity index (χ0v) is 4.15. The molecular formula is C4H10N2O. The molecule has 1 saturated heterocycles. The molecule has 1 atom stereocenters. The first-order valence-corrected chi connectivity index (χ1v) is 2.54. The summed E-state index contributed by atoms with van der Waals surface area (Å²) in [6, 6.07) is 0.292. The summed E-state index contributed by atoms with van der Waals surface area (Å²) >= 11 is 0. The number of hydroxylamine groups is 1. The zero-order chi connectivity index (χ0) is 5.11. The molecule has 7 heavy (non-hydrogen) atoms. The van der Waals surface area contributed by atoms with E-state index in [1.165, 1.54) is 0 Å². The van der Waals surface area contributed by atoms with Gasteiger partial charge in [-0.15, -0.1) is 0 Å². The summed E-state index contributed by atoms with van der Waals surface area (Å²) < 4.78 is 0. The van der Waals surface area contributed by atoms with Gasteiger partial charge in [0, 0.05) is 12.6 Å². The molecule has 0 aromatic heterocycles. The molecule has 1 rings (SSSR count). The van der Waals surface area contributed by atoms with Crippen LogP contribution >= 0.6 is 0 Å².